The molecule has 1 aliphatic rings. The van der Waals surface area contributed by atoms with Crippen molar-refractivity contribution in [2.45, 2.75) is 38.8 Å². The summed E-state index contributed by atoms with van der Waals surface area (Å²) in [5.41, 5.74) is 0.550. The molecule has 0 N–H and O–H groups in total. The Balaban J connectivity index is 1.32. The number of rotatable bonds is 5. The molecule has 152 valence electrons. The molecule has 9 nitrogen and oxygen atoms in total. The molecule has 3 heterocycles. The third-order valence-corrected chi connectivity index (χ3v) is 5.13. The van der Waals surface area contributed by atoms with Crippen LogP contribution in [0.1, 0.15) is 31.6 Å². The Kier molecular flexibility index (Phi) is 5.48. The molecule has 29 heavy (non-hydrogen) atoms. The average Bonchev–Trinajstić information content (AvgIpc) is 3.38. The second-order valence-electron chi connectivity index (χ2n) is 7.00. The minimum absolute atomic E-state index is 0.0287. The van der Waals surface area contributed by atoms with Crippen LogP contribution in [0.4, 0.5) is 0 Å². The number of aromatic nitrogens is 5. The molecule has 1 fully saturated rings. The highest BCUT2D eigenvalue weighted by Crippen LogP contribution is 2.25. The van der Waals surface area contributed by atoms with Gasteiger partial charge in [0.05, 0.1) is 12.2 Å². The molecule has 0 spiro atoms. The van der Waals surface area contributed by atoms with Crippen molar-refractivity contribution in [1.29, 1.82) is 0 Å². The normalized spacial score (nSPS) is 16.0. The van der Waals surface area contributed by atoms with Gasteiger partial charge >= 0.3 is 0 Å². The molecular weight excluding hydrogens is 396 g/mol. The predicted octanol–water partition coefficient (Wildman–Crippen LogP) is 2.92. The highest BCUT2D eigenvalue weighted by Gasteiger charge is 2.28. The van der Waals surface area contributed by atoms with E-state index in [-0.39, 0.29) is 11.9 Å². The summed E-state index contributed by atoms with van der Waals surface area (Å²) < 4.78 is 12.7. The van der Waals surface area contributed by atoms with Gasteiger partial charge < -0.3 is 14.2 Å². The van der Waals surface area contributed by atoms with Crippen LogP contribution in [0, 0.1) is 6.92 Å². The fourth-order valence-corrected chi connectivity index (χ4v) is 3.46. The summed E-state index contributed by atoms with van der Waals surface area (Å²) in [4.78, 5) is 18.7. The third-order valence-electron chi connectivity index (χ3n) is 4.88. The van der Waals surface area contributed by atoms with Crippen molar-refractivity contribution >= 4 is 17.5 Å². The van der Waals surface area contributed by atoms with Crippen LogP contribution in [0.2, 0.25) is 5.02 Å². The number of piperidine rings is 1. The van der Waals surface area contributed by atoms with Crippen molar-refractivity contribution in [2.75, 3.05) is 13.1 Å². The summed E-state index contributed by atoms with van der Waals surface area (Å²) in [6, 6.07) is 7.15. The van der Waals surface area contributed by atoms with E-state index in [1.54, 1.807) is 44.3 Å². The third kappa shape index (κ3) is 4.40. The van der Waals surface area contributed by atoms with Crippen LogP contribution in [-0.4, -0.2) is 55.1 Å². The van der Waals surface area contributed by atoms with Crippen molar-refractivity contribution in [1.82, 2.24) is 30.0 Å². The first-order valence-corrected chi connectivity index (χ1v) is 9.81. The molecule has 0 aliphatic carbocycles. The van der Waals surface area contributed by atoms with Crippen molar-refractivity contribution in [3.8, 4) is 17.3 Å². The Morgan fingerprint density at radius 2 is 2.00 bits per heavy atom. The topological polar surface area (TPSA) is 99.2 Å². The summed E-state index contributed by atoms with van der Waals surface area (Å²) in [6.45, 7) is 4.78. The summed E-state index contributed by atoms with van der Waals surface area (Å²) in [5, 5.41) is 12.7. The smallest absolute Gasteiger partial charge is 0.280 e. The van der Waals surface area contributed by atoms with E-state index >= 15 is 0 Å². The Labute approximate surface area is 172 Å². The monoisotopic (exact) mass is 416 g/mol. The number of ether oxygens (including phenoxy) is 1. The number of carbonyl (C=O) groups is 1. The van der Waals surface area contributed by atoms with Crippen LogP contribution in [0.15, 0.2) is 35.0 Å². The number of carbonyl (C=O) groups excluding carboxylic acids is 1. The van der Waals surface area contributed by atoms with Crippen molar-refractivity contribution in [3.05, 3.63) is 41.3 Å². The van der Waals surface area contributed by atoms with Gasteiger partial charge in [0.1, 0.15) is 5.75 Å². The van der Waals surface area contributed by atoms with Crippen LogP contribution < -0.4 is 4.74 Å². The first-order valence-electron chi connectivity index (χ1n) is 9.43. The quantitative estimate of drug-likeness (QED) is 0.630. The standard InChI is InChI=1S/C19H21ClN6O3/c1-12(28-16-5-3-14(20)4-6-16)19(27)25-9-7-15(8-10-25)26-11-17(22-24-26)18-21-13(2)23-29-18/h3-6,11-12,15H,7-10H2,1-2H3/t12-/m0/s1. The molecule has 1 amide bonds. The van der Waals surface area contributed by atoms with Gasteiger partial charge in [-0.2, -0.15) is 4.98 Å². The summed E-state index contributed by atoms with van der Waals surface area (Å²) in [5.74, 6) is 1.50. The van der Waals surface area contributed by atoms with E-state index < -0.39 is 6.10 Å². The lowest BCUT2D eigenvalue weighted by Crippen LogP contribution is -2.45. The van der Waals surface area contributed by atoms with E-state index in [1.165, 1.54) is 0 Å². The van der Waals surface area contributed by atoms with E-state index in [2.05, 4.69) is 20.5 Å². The Morgan fingerprint density at radius 1 is 1.28 bits per heavy atom. The fourth-order valence-electron chi connectivity index (χ4n) is 3.33. The second kappa shape index (κ2) is 8.20. The molecule has 4 rings (SSSR count). The maximum atomic E-state index is 12.7. The molecule has 2 aromatic heterocycles. The van der Waals surface area contributed by atoms with Crippen LogP contribution in [-0.2, 0) is 4.79 Å². The van der Waals surface area contributed by atoms with Gasteiger partial charge in [-0.25, -0.2) is 4.68 Å². The molecule has 0 unspecified atom stereocenters. The van der Waals surface area contributed by atoms with E-state index in [4.69, 9.17) is 20.9 Å². The lowest BCUT2D eigenvalue weighted by atomic mass is 10.0. The maximum absolute atomic E-state index is 12.7. The molecular formula is C19H21ClN6O3. The molecule has 0 bridgehead atoms. The maximum Gasteiger partial charge on any atom is 0.280 e. The van der Waals surface area contributed by atoms with E-state index in [9.17, 15) is 4.79 Å². The first kappa shape index (κ1) is 19.4. The minimum atomic E-state index is -0.563. The lowest BCUT2D eigenvalue weighted by Gasteiger charge is -2.33. The number of hydrogen-bond donors (Lipinski definition) is 0. The van der Waals surface area contributed by atoms with Gasteiger partial charge in [-0.15, -0.1) is 5.10 Å². The number of amides is 1. The molecule has 10 heteroatoms. The van der Waals surface area contributed by atoms with Crippen LogP contribution in [0.25, 0.3) is 11.6 Å². The fraction of sp³-hybridized carbons (Fsp3) is 0.421. The van der Waals surface area contributed by atoms with Crippen molar-refractivity contribution < 1.29 is 14.1 Å². The zero-order valence-corrected chi connectivity index (χ0v) is 16.9. The average molecular weight is 417 g/mol. The summed E-state index contributed by atoms with van der Waals surface area (Å²) in [7, 11) is 0. The van der Waals surface area contributed by atoms with E-state index in [0.29, 0.717) is 41.3 Å². The number of hydrogen-bond acceptors (Lipinski definition) is 7. The number of aryl methyl sites for hydroxylation is 1. The van der Waals surface area contributed by atoms with Crippen LogP contribution in [0.3, 0.4) is 0 Å². The van der Waals surface area contributed by atoms with E-state index in [0.717, 1.165) is 12.8 Å². The zero-order valence-electron chi connectivity index (χ0n) is 16.2. The van der Waals surface area contributed by atoms with Gasteiger partial charge in [0.25, 0.3) is 11.8 Å². The second-order valence-corrected chi connectivity index (χ2v) is 7.44. The number of nitrogens with zero attached hydrogens (tertiary/aromatic N) is 6. The Morgan fingerprint density at radius 3 is 2.66 bits per heavy atom. The first-order chi connectivity index (χ1) is 14.0. The van der Waals surface area contributed by atoms with Crippen LogP contribution in [0.5, 0.6) is 5.75 Å². The highest BCUT2D eigenvalue weighted by molar-refractivity contribution is 6.30. The Bertz CT molecular complexity index is 978. The SMILES string of the molecule is Cc1noc(-c2cn(C3CCN(C(=O)[C@H](C)Oc4ccc(Cl)cc4)CC3)nn2)n1. The van der Waals surface area contributed by atoms with Crippen molar-refractivity contribution in [3.63, 3.8) is 0 Å². The Hall–Kier alpha value is -2.94. The number of likely N-dealkylation sites (tertiary alicyclic amines) is 1. The lowest BCUT2D eigenvalue weighted by molar-refractivity contribution is -0.139. The molecule has 1 aromatic carbocycles. The van der Waals surface area contributed by atoms with Gasteiger partial charge in [-0.05, 0) is 51.0 Å². The van der Waals surface area contributed by atoms with Crippen LogP contribution >= 0.6 is 11.6 Å². The highest BCUT2D eigenvalue weighted by atomic mass is 35.5. The molecule has 3 aromatic rings. The molecule has 1 aliphatic heterocycles. The summed E-state index contributed by atoms with van der Waals surface area (Å²) >= 11 is 5.88. The van der Waals surface area contributed by atoms with E-state index in [1.807, 2.05) is 9.58 Å². The van der Waals surface area contributed by atoms with Crippen molar-refractivity contribution in [2.24, 2.45) is 0 Å². The summed E-state index contributed by atoms with van der Waals surface area (Å²) in [6.07, 6.45) is 2.81. The van der Waals surface area contributed by atoms with Gasteiger partial charge in [0.15, 0.2) is 17.6 Å². The largest absolute Gasteiger partial charge is 0.481 e. The molecule has 0 radical (unpaired) electrons. The molecule has 1 atom stereocenters. The zero-order chi connectivity index (χ0) is 20.4. The number of benzene rings is 1. The molecule has 0 saturated carbocycles. The van der Waals surface area contributed by atoms with Gasteiger partial charge in [-0.1, -0.05) is 22.0 Å². The number of halogens is 1. The predicted molar refractivity (Wildman–Crippen MR) is 104 cm³/mol. The van der Waals surface area contributed by atoms with Gasteiger partial charge in [0.2, 0.25) is 0 Å². The van der Waals surface area contributed by atoms with Gasteiger partial charge in [0, 0.05) is 18.1 Å². The molecule has 1 saturated heterocycles. The van der Waals surface area contributed by atoms with Gasteiger partial charge in [-0.3, -0.25) is 4.79 Å². The minimum Gasteiger partial charge on any atom is -0.481 e.